The molecular formula is C11H13Br2Cl. The largest absolute Gasteiger partial charge is 0.117 e. The summed E-state index contributed by atoms with van der Waals surface area (Å²) in [5.74, 6) is 0.488. The van der Waals surface area contributed by atoms with Crippen molar-refractivity contribution in [1.29, 1.82) is 0 Å². The Hall–Kier alpha value is 0.470. The van der Waals surface area contributed by atoms with Crippen LogP contribution in [0.1, 0.15) is 31.2 Å². The van der Waals surface area contributed by atoms with Crippen molar-refractivity contribution in [1.82, 2.24) is 0 Å². The Morgan fingerprint density at radius 1 is 1.36 bits per heavy atom. The molecule has 0 aliphatic rings. The van der Waals surface area contributed by atoms with E-state index in [0.717, 1.165) is 20.9 Å². The maximum absolute atomic E-state index is 6.38. The van der Waals surface area contributed by atoms with Crippen LogP contribution < -0.4 is 0 Å². The zero-order valence-electron chi connectivity index (χ0n) is 8.23. The van der Waals surface area contributed by atoms with Crippen LogP contribution in [0.3, 0.4) is 0 Å². The molecule has 0 nitrogen and oxygen atoms in total. The monoisotopic (exact) mass is 338 g/mol. The summed E-state index contributed by atoms with van der Waals surface area (Å²) in [6, 6.07) is 6.11. The molecule has 2 unspecified atom stereocenters. The van der Waals surface area contributed by atoms with Crippen LogP contribution in [0.5, 0.6) is 0 Å². The van der Waals surface area contributed by atoms with Crippen LogP contribution in [0.2, 0.25) is 0 Å². The van der Waals surface area contributed by atoms with Gasteiger partial charge in [-0.25, -0.2) is 0 Å². The first kappa shape index (κ1) is 12.5. The third-order valence-corrected chi connectivity index (χ3v) is 4.28. The zero-order chi connectivity index (χ0) is 10.7. The summed E-state index contributed by atoms with van der Waals surface area (Å²) in [5, 5.41) is 0.0758. The van der Waals surface area contributed by atoms with Crippen molar-refractivity contribution in [2.75, 3.05) is 0 Å². The lowest BCUT2D eigenvalue weighted by Gasteiger charge is -2.18. The van der Waals surface area contributed by atoms with Crippen LogP contribution in [-0.4, -0.2) is 0 Å². The molecule has 0 fully saturated rings. The van der Waals surface area contributed by atoms with Gasteiger partial charge >= 0.3 is 0 Å². The van der Waals surface area contributed by atoms with Gasteiger partial charge in [0.05, 0.1) is 5.38 Å². The molecule has 2 atom stereocenters. The Labute approximate surface area is 107 Å². The predicted molar refractivity (Wildman–Crippen MR) is 69.9 cm³/mol. The lowest BCUT2D eigenvalue weighted by Crippen LogP contribution is -2.03. The predicted octanol–water partition coefficient (Wildman–Crippen LogP) is 5.54. The fraction of sp³-hybridized carbons (Fsp3) is 0.455. The van der Waals surface area contributed by atoms with E-state index in [1.165, 1.54) is 0 Å². The van der Waals surface area contributed by atoms with Crippen LogP contribution in [0.4, 0.5) is 0 Å². The van der Waals surface area contributed by atoms with Crippen LogP contribution in [0.15, 0.2) is 27.1 Å². The molecule has 0 N–H and O–H groups in total. The zero-order valence-corrected chi connectivity index (χ0v) is 12.2. The van der Waals surface area contributed by atoms with Crippen LogP contribution in [0.25, 0.3) is 0 Å². The number of rotatable bonds is 3. The SMILES string of the molecule is CCC(C)C(Cl)c1cc(Br)ccc1Br. The summed E-state index contributed by atoms with van der Waals surface area (Å²) in [6.07, 6.45) is 1.09. The number of hydrogen-bond donors (Lipinski definition) is 0. The molecule has 1 aromatic carbocycles. The summed E-state index contributed by atoms with van der Waals surface area (Å²) < 4.78 is 2.16. The van der Waals surface area contributed by atoms with E-state index in [1.54, 1.807) is 0 Å². The standard InChI is InChI=1S/C11H13Br2Cl/c1-3-7(2)11(14)9-6-8(12)4-5-10(9)13/h4-7,11H,3H2,1-2H3. The topological polar surface area (TPSA) is 0 Å². The van der Waals surface area contributed by atoms with Gasteiger partial charge in [-0.15, -0.1) is 11.6 Å². The highest BCUT2D eigenvalue weighted by Gasteiger charge is 2.17. The van der Waals surface area contributed by atoms with Gasteiger partial charge in [-0.2, -0.15) is 0 Å². The number of halogens is 3. The first-order valence-corrected chi connectivity index (χ1v) is 6.67. The van der Waals surface area contributed by atoms with Gasteiger partial charge in [-0.3, -0.25) is 0 Å². The molecule has 0 spiro atoms. The van der Waals surface area contributed by atoms with E-state index < -0.39 is 0 Å². The maximum Gasteiger partial charge on any atom is 0.0622 e. The molecule has 0 radical (unpaired) electrons. The minimum atomic E-state index is 0.0758. The van der Waals surface area contributed by atoms with Gasteiger partial charge in [0.25, 0.3) is 0 Å². The van der Waals surface area contributed by atoms with E-state index in [4.69, 9.17) is 11.6 Å². The molecule has 0 saturated carbocycles. The second-order valence-corrected chi connectivity index (χ2v) is 5.69. The fourth-order valence-electron chi connectivity index (χ4n) is 1.24. The fourth-order valence-corrected chi connectivity index (χ4v) is 2.60. The summed E-state index contributed by atoms with van der Waals surface area (Å²) >= 11 is 13.4. The Bertz CT molecular complexity index is 312. The molecule has 0 aromatic heterocycles. The quantitative estimate of drug-likeness (QED) is 0.634. The van der Waals surface area contributed by atoms with Crippen molar-refractivity contribution in [3.63, 3.8) is 0 Å². The minimum absolute atomic E-state index is 0.0758. The van der Waals surface area contributed by atoms with Crippen molar-refractivity contribution < 1.29 is 0 Å². The van der Waals surface area contributed by atoms with Gasteiger partial charge in [0.1, 0.15) is 0 Å². The molecule has 0 amide bonds. The Kier molecular flexibility index (Phi) is 4.95. The summed E-state index contributed by atoms with van der Waals surface area (Å²) in [7, 11) is 0. The average Bonchev–Trinajstić information content (AvgIpc) is 2.19. The third-order valence-electron chi connectivity index (χ3n) is 2.40. The van der Waals surface area contributed by atoms with E-state index in [1.807, 2.05) is 12.1 Å². The van der Waals surface area contributed by atoms with Crippen molar-refractivity contribution in [3.8, 4) is 0 Å². The van der Waals surface area contributed by atoms with Gasteiger partial charge < -0.3 is 0 Å². The van der Waals surface area contributed by atoms with Crippen LogP contribution in [0, 0.1) is 5.92 Å². The van der Waals surface area contributed by atoms with Crippen LogP contribution in [-0.2, 0) is 0 Å². The van der Waals surface area contributed by atoms with E-state index >= 15 is 0 Å². The lowest BCUT2D eigenvalue weighted by molar-refractivity contribution is 0.541. The summed E-state index contributed by atoms with van der Waals surface area (Å²) in [4.78, 5) is 0. The summed E-state index contributed by atoms with van der Waals surface area (Å²) in [6.45, 7) is 4.33. The highest BCUT2D eigenvalue weighted by molar-refractivity contribution is 9.11. The molecule has 0 aliphatic heterocycles. The van der Waals surface area contributed by atoms with Crippen molar-refractivity contribution in [2.45, 2.75) is 25.6 Å². The molecule has 0 bridgehead atoms. The van der Waals surface area contributed by atoms with Crippen molar-refractivity contribution in [2.24, 2.45) is 5.92 Å². The second kappa shape index (κ2) is 5.53. The van der Waals surface area contributed by atoms with Crippen molar-refractivity contribution >= 4 is 43.5 Å². The average molecular weight is 340 g/mol. The van der Waals surface area contributed by atoms with E-state index in [0.29, 0.717) is 5.92 Å². The highest BCUT2D eigenvalue weighted by atomic mass is 79.9. The van der Waals surface area contributed by atoms with Gasteiger partial charge in [0.15, 0.2) is 0 Å². The minimum Gasteiger partial charge on any atom is -0.117 e. The molecule has 0 heterocycles. The van der Waals surface area contributed by atoms with Gasteiger partial charge in [0, 0.05) is 8.95 Å². The Morgan fingerprint density at radius 3 is 2.57 bits per heavy atom. The highest BCUT2D eigenvalue weighted by Crippen LogP contribution is 2.36. The Balaban J connectivity index is 2.99. The van der Waals surface area contributed by atoms with E-state index in [9.17, 15) is 0 Å². The lowest BCUT2D eigenvalue weighted by atomic mass is 9.98. The molecule has 1 rings (SSSR count). The number of hydrogen-bond acceptors (Lipinski definition) is 0. The maximum atomic E-state index is 6.38. The number of benzene rings is 1. The first-order chi connectivity index (χ1) is 6.56. The smallest absolute Gasteiger partial charge is 0.0622 e. The van der Waals surface area contributed by atoms with Gasteiger partial charge in [-0.05, 0) is 29.7 Å². The normalized spacial score (nSPS) is 15.2. The summed E-state index contributed by atoms with van der Waals surface area (Å²) in [5.41, 5.74) is 1.16. The van der Waals surface area contributed by atoms with Gasteiger partial charge in [-0.1, -0.05) is 52.1 Å². The molecule has 14 heavy (non-hydrogen) atoms. The van der Waals surface area contributed by atoms with Crippen LogP contribution >= 0.6 is 43.5 Å². The third kappa shape index (κ3) is 2.98. The van der Waals surface area contributed by atoms with E-state index in [-0.39, 0.29) is 5.38 Å². The Morgan fingerprint density at radius 2 is 2.00 bits per heavy atom. The molecule has 0 aliphatic carbocycles. The molecule has 0 saturated heterocycles. The molecule has 78 valence electrons. The second-order valence-electron chi connectivity index (χ2n) is 3.45. The van der Waals surface area contributed by atoms with Gasteiger partial charge in [0.2, 0.25) is 0 Å². The molecular weight excluding hydrogens is 327 g/mol. The van der Waals surface area contributed by atoms with Crippen molar-refractivity contribution in [3.05, 3.63) is 32.7 Å². The van der Waals surface area contributed by atoms with E-state index in [2.05, 4.69) is 51.8 Å². The molecule has 3 heteroatoms. The molecule has 1 aromatic rings. The first-order valence-electron chi connectivity index (χ1n) is 4.65. The number of alkyl halides is 1.